The second kappa shape index (κ2) is 74.2. The Morgan fingerprint density at radius 2 is 0.450 bits per heavy atom. The maximum absolute atomic E-state index is 11.8. The van der Waals surface area contributed by atoms with Crippen molar-refractivity contribution in [3.63, 3.8) is 0 Å². The van der Waals surface area contributed by atoms with Gasteiger partial charge < -0.3 is 0 Å². The van der Waals surface area contributed by atoms with Gasteiger partial charge in [-0.1, -0.05) is 316 Å². The molecule has 0 rings (SSSR count). The monoisotopic (exact) mass is 2000 g/mol. The third kappa shape index (κ3) is 125. The van der Waals surface area contributed by atoms with Crippen molar-refractivity contribution in [3.05, 3.63) is 0 Å². The third-order valence-corrected chi connectivity index (χ3v) is 18.6. The smallest absolute Gasteiger partial charge is 0.171 e. The molecule has 0 heterocycles. The van der Waals surface area contributed by atoms with Crippen LogP contribution in [-0.2, 0) is 0 Å². The fraction of sp³-hybridized carbons (Fsp3) is 1.00. The van der Waals surface area contributed by atoms with E-state index in [2.05, 4.69) is 104 Å². The molecule has 0 aromatic carbocycles. The summed E-state index contributed by atoms with van der Waals surface area (Å²) in [5.74, 6) is -8.01. The molecule has 42 heteroatoms. The lowest BCUT2D eigenvalue weighted by atomic mass is 9.92. The Bertz CT molecular complexity index is 2290. The second-order valence-electron chi connectivity index (χ2n) is 35.6. The molecular formula is C87H160F42. The molecule has 0 aromatic heterocycles. The standard InChI is InChI=1S/C7H10F6.3C7H13F3.C7H16.2C6H8F6.2C6H11F3.3C6H14.C5H6F6.C5H9F3/c1-2-3-4-5(6(8,9)10)7(11,12)13;1-3-4-6(2)5-7(8,9)10;1-3-4-5-6(2)7(8,9)10;1-2-3-4-5-6-7(8,9)10;1-5-7(4)6(2)3;1-4(6(10,11)12)2-3-5(7,8)9;1-2-3-4(5(7,8)9)6(10,11)12;1-3-4-5(2)6(7,8)9;1-2-3-4-5-6(7,8)9;2*1-5-6(2,3)4;1-4-6(3)5-2;1-3(2,4(6,7)8)5(9,10)11;1-4(2,3)5(6,7)8/h5H,2-4H2,1H3;2*6H,3-5H2,1-2H3;2-6H2,1H3;6-7H,5H2,1-4H3;2*4H,2-3H2,1H3;5H,3-4H2,1-2H3;2-5H2,1H3;2*5H2,1-4H3;6H,4-5H2,1-3H3;1-2H3;1-3H3/t;2*6-;;7-;4-;;5-;;;;;;/m.00.10.0....../s1. The summed E-state index contributed by atoms with van der Waals surface area (Å²) in [7, 11) is 0. The predicted octanol–water partition coefficient (Wildman–Crippen LogP) is 43.1. The summed E-state index contributed by atoms with van der Waals surface area (Å²) in [5.41, 5.74) is -4.10. The van der Waals surface area contributed by atoms with Crippen LogP contribution in [0.2, 0.25) is 0 Å². The maximum atomic E-state index is 11.8. The molecule has 0 unspecified atom stereocenters. The maximum Gasteiger partial charge on any atom is 0.402 e. The normalized spacial score (nSPS) is 14.0. The van der Waals surface area contributed by atoms with E-state index in [1.165, 1.54) is 52.9 Å². The number of unbranched alkanes of at least 4 members (excludes halogenated alkanes) is 7. The highest BCUT2D eigenvalue weighted by atomic mass is 19.5. The molecule has 5 atom stereocenters. The van der Waals surface area contributed by atoms with Gasteiger partial charge in [-0.25, -0.2) is 0 Å². The Morgan fingerprint density at radius 1 is 0.209 bits per heavy atom. The molecule has 0 N–H and O–H groups in total. The van der Waals surface area contributed by atoms with Crippen LogP contribution in [0.25, 0.3) is 0 Å². The molecule has 0 aliphatic carbocycles. The van der Waals surface area contributed by atoms with E-state index in [1.54, 1.807) is 20.8 Å². The fourth-order valence-electron chi connectivity index (χ4n) is 6.78. The molecule has 0 spiro atoms. The van der Waals surface area contributed by atoms with Gasteiger partial charge in [0.15, 0.2) is 17.3 Å². The Kier molecular flexibility index (Phi) is 90.3. The van der Waals surface area contributed by atoms with Gasteiger partial charge in [0.1, 0.15) is 0 Å². The van der Waals surface area contributed by atoms with Crippen molar-refractivity contribution < 1.29 is 184 Å². The average molecular weight is 2000 g/mol. The van der Waals surface area contributed by atoms with Crippen molar-refractivity contribution in [2.45, 2.75) is 487 Å². The number of rotatable bonds is 26. The van der Waals surface area contributed by atoms with E-state index in [9.17, 15) is 184 Å². The topological polar surface area (TPSA) is 0 Å². The van der Waals surface area contributed by atoms with Crippen molar-refractivity contribution >= 4 is 0 Å². The Labute approximate surface area is 744 Å². The largest absolute Gasteiger partial charge is 0.402 e. The summed E-state index contributed by atoms with van der Waals surface area (Å²) >= 11 is 0. The first-order chi connectivity index (χ1) is 56.4. The van der Waals surface area contributed by atoms with Crippen LogP contribution < -0.4 is 0 Å². The molecule has 0 amide bonds. The lowest BCUT2D eigenvalue weighted by Gasteiger charge is -2.29. The zero-order valence-corrected chi connectivity index (χ0v) is 81.6. The first-order valence-corrected chi connectivity index (χ1v) is 43.3. The predicted molar refractivity (Wildman–Crippen MR) is 436 cm³/mol. The van der Waals surface area contributed by atoms with E-state index in [0.717, 1.165) is 77.6 Å². The van der Waals surface area contributed by atoms with Crippen molar-refractivity contribution in [1.82, 2.24) is 0 Å². The second-order valence-corrected chi connectivity index (χ2v) is 35.6. The Hall–Kier alpha value is -2.94. The molecule has 0 fully saturated rings. The molecule has 0 saturated heterocycles. The minimum atomic E-state index is -5.24. The van der Waals surface area contributed by atoms with Crippen LogP contribution in [-0.4, -0.2) is 86.5 Å². The van der Waals surface area contributed by atoms with E-state index in [0.29, 0.717) is 49.4 Å². The highest BCUT2D eigenvalue weighted by Gasteiger charge is 2.64. The van der Waals surface area contributed by atoms with Crippen LogP contribution in [0.4, 0.5) is 184 Å². The first kappa shape index (κ1) is 157. The average Bonchev–Trinajstić information content (AvgIpc) is 0.782. The van der Waals surface area contributed by atoms with Gasteiger partial charge in [-0.15, -0.1) is 0 Å². The molecule has 0 bridgehead atoms. The van der Waals surface area contributed by atoms with Crippen LogP contribution in [0.5, 0.6) is 0 Å². The van der Waals surface area contributed by atoms with Gasteiger partial charge in [0, 0.05) is 25.7 Å². The van der Waals surface area contributed by atoms with Gasteiger partial charge >= 0.3 is 86.5 Å². The van der Waals surface area contributed by atoms with Gasteiger partial charge in [0.2, 0.25) is 0 Å². The summed E-state index contributed by atoms with van der Waals surface area (Å²) in [6, 6.07) is 0. The highest BCUT2D eigenvalue weighted by Crippen LogP contribution is 2.50. The van der Waals surface area contributed by atoms with Crippen molar-refractivity contribution in [1.29, 1.82) is 0 Å². The minimum Gasteiger partial charge on any atom is -0.171 e. The molecule has 0 radical (unpaired) electrons. The molecule has 0 nitrogen and oxygen atoms in total. The van der Waals surface area contributed by atoms with E-state index in [-0.39, 0.29) is 58.3 Å². The Morgan fingerprint density at radius 3 is 0.605 bits per heavy atom. The van der Waals surface area contributed by atoms with Crippen molar-refractivity contribution in [3.8, 4) is 0 Å². The van der Waals surface area contributed by atoms with Crippen LogP contribution in [0, 0.1) is 74.9 Å². The summed E-state index contributed by atoms with van der Waals surface area (Å²) < 4.78 is 488. The molecule has 802 valence electrons. The summed E-state index contributed by atoms with van der Waals surface area (Å²) in [6.45, 7) is 54.4. The minimum absolute atomic E-state index is 0.0658. The summed E-state index contributed by atoms with van der Waals surface area (Å²) in [5, 5.41) is 0. The molecule has 0 aliphatic heterocycles. The van der Waals surface area contributed by atoms with E-state index in [1.807, 2.05) is 27.7 Å². The number of hydrogen-bond donors (Lipinski definition) is 0. The highest BCUT2D eigenvalue weighted by molar-refractivity contribution is 4.84. The molecule has 129 heavy (non-hydrogen) atoms. The quantitative estimate of drug-likeness (QED) is 0.0598. The lowest BCUT2D eigenvalue weighted by molar-refractivity contribution is -0.327. The fourth-order valence-corrected chi connectivity index (χ4v) is 6.78. The van der Waals surface area contributed by atoms with E-state index in [4.69, 9.17) is 0 Å². The van der Waals surface area contributed by atoms with E-state index >= 15 is 0 Å². The Balaban J connectivity index is -0.0000000925. The van der Waals surface area contributed by atoms with Crippen LogP contribution in [0.1, 0.15) is 401 Å². The SMILES string of the molecule is CC(C)(C(F)(F)F)C(F)(F)F.CC(C)(C)C(F)(F)F.CCC(C)(C)C.CCC(C)(C)C.CCC(C)CC.CCCC(C(F)(F)F)C(F)(F)F.CCCCC(C(F)(F)F)C(F)(F)F.CCCCCC(F)(F)F.CCCCCCC(F)(F)F.CCCC[C@H](C)C(F)(F)F.CCC[C@H](C)C(F)(F)F.CCC[C@H](C)CC(F)(F)F.CC[C@@H](C)C(C)C.C[C@@H](CCC(F)(F)F)C(F)(F)F. The molecule has 0 saturated carbocycles. The van der Waals surface area contributed by atoms with Gasteiger partial charge in [-0.05, 0) is 93.3 Å². The molecule has 0 aliphatic rings. The van der Waals surface area contributed by atoms with Gasteiger partial charge in [-0.3, -0.25) is 0 Å². The summed E-state index contributed by atoms with van der Waals surface area (Å²) in [4.78, 5) is 0. The van der Waals surface area contributed by atoms with E-state index < -0.39 is 172 Å². The lowest BCUT2D eigenvalue weighted by Crippen LogP contribution is -2.44. The number of hydrogen-bond acceptors (Lipinski definition) is 0. The number of halogens is 42. The summed E-state index contributed by atoms with van der Waals surface area (Å²) in [6.07, 6.45) is -54.6. The van der Waals surface area contributed by atoms with Crippen LogP contribution in [0.15, 0.2) is 0 Å². The van der Waals surface area contributed by atoms with Crippen molar-refractivity contribution in [2.24, 2.45) is 74.9 Å². The first-order valence-electron chi connectivity index (χ1n) is 43.3. The third-order valence-electron chi connectivity index (χ3n) is 18.6. The van der Waals surface area contributed by atoms with Gasteiger partial charge in [0.25, 0.3) is 0 Å². The van der Waals surface area contributed by atoms with Gasteiger partial charge in [0.05, 0.1) is 23.2 Å². The van der Waals surface area contributed by atoms with Crippen LogP contribution >= 0.6 is 0 Å². The van der Waals surface area contributed by atoms with Crippen molar-refractivity contribution in [2.75, 3.05) is 0 Å². The zero-order valence-electron chi connectivity index (χ0n) is 81.6. The molecular weight excluding hydrogens is 1840 g/mol. The zero-order chi connectivity index (χ0) is 108. The van der Waals surface area contributed by atoms with Gasteiger partial charge in [-0.2, -0.15) is 184 Å². The molecule has 0 aromatic rings. The van der Waals surface area contributed by atoms with Crippen LogP contribution in [0.3, 0.4) is 0 Å². The number of alkyl halides is 42.